The van der Waals surface area contributed by atoms with Gasteiger partial charge in [0.05, 0.1) is 12.2 Å². The van der Waals surface area contributed by atoms with E-state index in [4.69, 9.17) is 4.74 Å². The van der Waals surface area contributed by atoms with Gasteiger partial charge in [0.1, 0.15) is 0 Å². The molecule has 124 valence electrons. The van der Waals surface area contributed by atoms with Crippen LogP contribution >= 0.6 is 0 Å². The molecule has 2 aliphatic rings. The van der Waals surface area contributed by atoms with Gasteiger partial charge in [0.2, 0.25) is 0 Å². The number of fused-ring (bicyclic) bond motifs is 2. The average Bonchev–Trinajstić information content (AvgIpc) is 2.78. The summed E-state index contributed by atoms with van der Waals surface area (Å²) in [6.07, 6.45) is 4.78. The van der Waals surface area contributed by atoms with Crippen molar-refractivity contribution in [2.75, 3.05) is 26.2 Å². The van der Waals surface area contributed by atoms with E-state index in [9.17, 15) is 5.11 Å². The Morgan fingerprint density at radius 3 is 2.38 bits per heavy atom. The Morgan fingerprint density at radius 2 is 1.90 bits per heavy atom. The lowest BCUT2D eigenvalue weighted by Gasteiger charge is -2.39. The van der Waals surface area contributed by atoms with Gasteiger partial charge in [-0.25, -0.2) is 0 Å². The second-order valence-electron chi connectivity index (χ2n) is 7.90. The van der Waals surface area contributed by atoms with Crippen molar-refractivity contribution in [2.24, 2.45) is 16.7 Å². The van der Waals surface area contributed by atoms with E-state index in [0.717, 1.165) is 32.0 Å². The Morgan fingerprint density at radius 1 is 1.24 bits per heavy atom. The van der Waals surface area contributed by atoms with Crippen LogP contribution in [0.4, 0.5) is 0 Å². The van der Waals surface area contributed by atoms with Gasteiger partial charge in [0.25, 0.3) is 0 Å². The smallest absolute Gasteiger partial charge is 0.0689 e. The molecule has 0 aromatic heterocycles. The van der Waals surface area contributed by atoms with Crippen LogP contribution in [0.3, 0.4) is 0 Å². The second kappa shape index (κ2) is 6.55. The minimum atomic E-state index is -0.260. The average molecular weight is 297 g/mol. The molecule has 2 saturated carbocycles. The molecule has 1 N–H and O–H groups in total. The molecular formula is C18H35NO2. The maximum Gasteiger partial charge on any atom is 0.0689 e. The molecule has 0 radical (unpaired) electrons. The lowest BCUT2D eigenvalue weighted by Crippen LogP contribution is -2.38. The molecule has 2 rings (SSSR count). The highest BCUT2D eigenvalue weighted by Crippen LogP contribution is 2.66. The van der Waals surface area contributed by atoms with Crippen LogP contribution in [0.2, 0.25) is 0 Å². The molecule has 0 unspecified atom stereocenters. The van der Waals surface area contributed by atoms with Crippen LogP contribution in [0.25, 0.3) is 0 Å². The van der Waals surface area contributed by atoms with E-state index in [0.29, 0.717) is 23.5 Å². The van der Waals surface area contributed by atoms with Crippen molar-refractivity contribution < 1.29 is 9.84 Å². The largest absolute Gasteiger partial charge is 0.392 e. The van der Waals surface area contributed by atoms with Gasteiger partial charge in [0.15, 0.2) is 0 Å². The van der Waals surface area contributed by atoms with Gasteiger partial charge in [-0.05, 0) is 55.5 Å². The molecule has 2 fully saturated rings. The second-order valence-corrected chi connectivity index (χ2v) is 7.90. The molecule has 0 aromatic rings. The highest BCUT2D eigenvalue weighted by atomic mass is 16.5. The summed E-state index contributed by atoms with van der Waals surface area (Å²) in [4.78, 5) is 2.27. The van der Waals surface area contributed by atoms with E-state index < -0.39 is 0 Å². The monoisotopic (exact) mass is 297 g/mol. The van der Waals surface area contributed by atoms with Gasteiger partial charge in [-0.15, -0.1) is 0 Å². The highest BCUT2D eigenvalue weighted by Gasteiger charge is 2.61. The van der Waals surface area contributed by atoms with Crippen LogP contribution in [-0.2, 0) is 4.74 Å². The van der Waals surface area contributed by atoms with Gasteiger partial charge in [-0.2, -0.15) is 0 Å². The fourth-order valence-corrected chi connectivity index (χ4v) is 4.60. The van der Waals surface area contributed by atoms with Crippen LogP contribution in [0.15, 0.2) is 0 Å². The number of nitrogens with zero attached hydrogens (tertiary/aromatic N) is 1. The lowest BCUT2D eigenvalue weighted by molar-refractivity contribution is -0.0562. The number of hydrogen-bond donors (Lipinski definition) is 1. The van der Waals surface area contributed by atoms with Crippen LogP contribution in [-0.4, -0.2) is 48.5 Å². The van der Waals surface area contributed by atoms with Crippen molar-refractivity contribution >= 4 is 0 Å². The summed E-state index contributed by atoms with van der Waals surface area (Å²) in [5, 5.41) is 10.1. The van der Waals surface area contributed by atoms with E-state index in [1.165, 1.54) is 19.3 Å². The molecule has 0 amide bonds. The number of rotatable bonds is 8. The fraction of sp³-hybridized carbons (Fsp3) is 1.00. The topological polar surface area (TPSA) is 32.7 Å². The minimum absolute atomic E-state index is 0.260. The third-order valence-electron chi connectivity index (χ3n) is 6.85. The molecule has 0 aromatic carbocycles. The predicted octanol–water partition coefficient (Wildman–Crippen LogP) is 3.31. The van der Waals surface area contributed by atoms with Crippen molar-refractivity contribution in [1.82, 2.24) is 4.90 Å². The summed E-state index contributed by atoms with van der Waals surface area (Å²) in [5.74, 6) is 0.827. The van der Waals surface area contributed by atoms with Crippen molar-refractivity contribution in [1.29, 1.82) is 0 Å². The molecule has 0 saturated heterocycles. The van der Waals surface area contributed by atoms with E-state index in [2.05, 4.69) is 39.5 Å². The number of aliphatic hydroxyl groups excluding tert-OH is 1. The van der Waals surface area contributed by atoms with Crippen LogP contribution < -0.4 is 0 Å². The lowest BCUT2D eigenvalue weighted by atomic mass is 9.70. The normalized spacial score (nSPS) is 35.6. The third-order valence-corrected chi connectivity index (χ3v) is 6.85. The standard InChI is InChI=1S/C18H35NO2/c1-6-19(7-2)13-15(20)9-11-21-16-12-14-8-10-18(16,5)17(14,3)4/h14-16,20H,6-13H2,1-5H3/t14-,15-,16+,18-/m1/s1. The predicted molar refractivity (Wildman–Crippen MR) is 87.4 cm³/mol. The third kappa shape index (κ3) is 3.16. The molecule has 2 aliphatic carbocycles. The summed E-state index contributed by atoms with van der Waals surface area (Å²) < 4.78 is 6.22. The van der Waals surface area contributed by atoms with E-state index in [1.54, 1.807) is 0 Å². The van der Waals surface area contributed by atoms with Crippen molar-refractivity contribution in [3.05, 3.63) is 0 Å². The molecule has 0 heterocycles. The van der Waals surface area contributed by atoms with Gasteiger partial charge < -0.3 is 14.7 Å². The fourth-order valence-electron chi connectivity index (χ4n) is 4.60. The Labute approximate surface area is 131 Å². The van der Waals surface area contributed by atoms with Gasteiger partial charge in [-0.1, -0.05) is 34.6 Å². The highest BCUT2D eigenvalue weighted by molar-refractivity contribution is 5.11. The summed E-state index contributed by atoms with van der Waals surface area (Å²) in [6.45, 7) is 15.0. The SMILES string of the molecule is CCN(CC)C[C@H](O)CCO[C@H]1C[C@H]2CC[C@@]1(C)C2(C)C. The number of aliphatic hydroxyl groups is 1. The van der Waals surface area contributed by atoms with Crippen molar-refractivity contribution in [2.45, 2.75) is 72.5 Å². The molecule has 3 nitrogen and oxygen atoms in total. The minimum Gasteiger partial charge on any atom is -0.392 e. The first-order valence-electron chi connectivity index (χ1n) is 8.87. The zero-order valence-electron chi connectivity index (χ0n) is 14.7. The Balaban J connectivity index is 1.75. The van der Waals surface area contributed by atoms with Crippen LogP contribution in [0, 0.1) is 16.7 Å². The maximum atomic E-state index is 10.1. The molecule has 2 bridgehead atoms. The zero-order chi connectivity index (χ0) is 15.7. The zero-order valence-corrected chi connectivity index (χ0v) is 14.7. The molecule has 0 spiro atoms. The van der Waals surface area contributed by atoms with E-state index in [-0.39, 0.29) is 6.10 Å². The summed E-state index contributed by atoms with van der Waals surface area (Å²) in [6, 6.07) is 0. The Bertz CT molecular complexity index is 340. The van der Waals surface area contributed by atoms with Gasteiger partial charge in [-0.3, -0.25) is 0 Å². The molecule has 4 atom stereocenters. The van der Waals surface area contributed by atoms with Crippen molar-refractivity contribution in [3.8, 4) is 0 Å². The van der Waals surface area contributed by atoms with Gasteiger partial charge >= 0.3 is 0 Å². The number of ether oxygens (including phenoxy) is 1. The van der Waals surface area contributed by atoms with Crippen molar-refractivity contribution in [3.63, 3.8) is 0 Å². The number of likely N-dealkylation sites (N-methyl/N-ethyl adjacent to an activating group) is 1. The van der Waals surface area contributed by atoms with Crippen LogP contribution in [0.1, 0.15) is 60.3 Å². The first kappa shape index (κ1) is 17.2. The Kier molecular flexibility index (Phi) is 5.38. The summed E-state index contributed by atoms with van der Waals surface area (Å²) >= 11 is 0. The first-order valence-corrected chi connectivity index (χ1v) is 8.87. The summed E-state index contributed by atoms with van der Waals surface area (Å²) in [5.41, 5.74) is 0.749. The Hall–Kier alpha value is -0.120. The molecule has 21 heavy (non-hydrogen) atoms. The van der Waals surface area contributed by atoms with E-state index >= 15 is 0 Å². The number of hydrogen-bond acceptors (Lipinski definition) is 3. The van der Waals surface area contributed by atoms with Gasteiger partial charge in [0, 0.05) is 13.2 Å². The maximum absolute atomic E-state index is 10.1. The summed E-state index contributed by atoms with van der Waals surface area (Å²) in [7, 11) is 0. The molecule has 3 heteroatoms. The molecule has 0 aliphatic heterocycles. The quantitative estimate of drug-likeness (QED) is 0.746. The first-order chi connectivity index (χ1) is 9.85. The van der Waals surface area contributed by atoms with Crippen LogP contribution in [0.5, 0.6) is 0 Å². The molecular weight excluding hydrogens is 262 g/mol. The van der Waals surface area contributed by atoms with E-state index in [1.807, 2.05) is 0 Å².